The Morgan fingerprint density at radius 2 is 2.16 bits per heavy atom. The maximum absolute atomic E-state index is 12.2. The number of anilines is 2. The summed E-state index contributed by atoms with van der Waals surface area (Å²) in [4.78, 5) is 16.0. The summed E-state index contributed by atoms with van der Waals surface area (Å²) in [6, 6.07) is 9.67. The first-order valence-corrected chi connectivity index (χ1v) is 6.78. The predicted molar refractivity (Wildman–Crippen MR) is 77.3 cm³/mol. The number of nitrogens with zero attached hydrogens (tertiary/aromatic N) is 2. The molecular formula is C14H13BrN2O2. The van der Waals surface area contributed by atoms with Gasteiger partial charge >= 0.3 is 0 Å². The third kappa shape index (κ3) is 2.26. The van der Waals surface area contributed by atoms with Crippen LogP contribution in [0.3, 0.4) is 0 Å². The van der Waals surface area contributed by atoms with Crippen molar-refractivity contribution in [3.8, 4) is 0 Å². The average molecular weight is 321 g/mol. The van der Waals surface area contributed by atoms with Crippen LogP contribution < -0.4 is 9.80 Å². The predicted octanol–water partition coefficient (Wildman–Crippen LogP) is 3.03. The third-order valence-electron chi connectivity index (χ3n) is 3.21. The molecule has 4 nitrogen and oxygen atoms in total. The van der Waals surface area contributed by atoms with E-state index in [-0.39, 0.29) is 5.91 Å². The monoisotopic (exact) mass is 320 g/mol. The highest BCUT2D eigenvalue weighted by Crippen LogP contribution is 2.35. The molecule has 19 heavy (non-hydrogen) atoms. The molecule has 0 bridgehead atoms. The number of amides is 1. The van der Waals surface area contributed by atoms with Gasteiger partial charge < -0.3 is 14.2 Å². The summed E-state index contributed by atoms with van der Waals surface area (Å²) < 4.78 is 6.29. The SMILES string of the molecule is CN1CC(=O)N(Cc2ccco2)c2cc(Br)ccc21. The minimum atomic E-state index is 0.0736. The first-order chi connectivity index (χ1) is 9.15. The number of carbonyl (C=O) groups excluding carboxylic acids is 1. The lowest BCUT2D eigenvalue weighted by molar-refractivity contribution is -0.117. The third-order valence-corrected chi connectivity index (χ3v) is 3.70. The largest absolute Gasteiger partial charge is 0.467 e. The molecule has 2 heterocycles. The van der Waals surface area contributed by atoms with Gasteiger partial charge in [-0.15, -0.1) is 0 Å². The second kappa shape index (κ2) is 4.74. The highest BCUT2D eigenvalue weighted by atomic mass is 79.9. The van der Waals surface area contributed by atoms with Crippen LogP contribution in [0.1, 0.15) is 5.76 Å². The molecule has 0 unspecified atom stereocenters. The molecule has 0 aliphatic carbocycles. The molecule has 2 aromatic rings. The van der Waals surface area contributed by atoms with E-state index in [1.807, 2.05) is 42.3 Å². The van der Waals surface area contributed by atoms with E-state index in [1.165, 1.54) is 0 Å². The molecule has 0 spiro atoms. The molecule has 1 aliphatic rings. The molecule has 1 aliphatic heterocycles. The van der Waals surface area contributed by atoms with Gasteiger partial charge in [-0.25, -0.2) is 0 Å². The van der Waals surface area contributed by atoms with Gasteiger partial charge in [0.05, 0.1) is 30.7 Å². The first kappa shape index (κ1) is 12.3. The van der Waals surface area contributed by atoms with Crippen LogP contribution in [0.4, 0.5) is 11.4 Å². The molecular weight excluding hydrogens is 308 g/mol. The van der Waals surface area contributed by atoms with E-state index in [1.54, 1.807) is 11.2 Å². The number of fused-ring (bicyclic) bond motifs is 1. The summed E-state index contributed by atoms with van der Waals surface area (Å²) in [5, 5.41) is 0. The fourth-order valence-corrected chi connectivity index (χ4v) is 2.62. The Hall–Kier alpha value is -1.75. The number of hydrogen-bond donors (Lipinski definition) is 0. The van der Waals surface area contributed by atoms with E-state index in [9.17, 15) is 4.79 Å². The Morgan fingerprint density at radius 3 is 2.89 bits per heavy atom. The van der Waals surface area contributed by atoms with Crippen molar-refractivity contribution in [2.45, 2.75) is 6.54 Å². The fraction of sp³-hybridized carbons (Fsp3) is 0.214. The van der Waals surface area contributed by atoms with Gasteiger partial charge in [-0.2, -0.15) is 0 Å². The molecule has 0 atom stereocenters. The van der Waals surface area contributed by atoms with E-state index in [2.05, 4.69) is 15.9 Å². The lowest BCUT2D eigenvalue weighted by Gasteiger charge is -2.35. The van der Waals surface area contributed by atoms with Gasteiger partial charge in [0.25, 0.3) is 0 Å². The van der Waals surface area contributed by atoms with Crippen molar-refractivity contribution < 1.29 is 9.21 Å². The van der Waals surface area contributed by atoms with Gasteiger partial charge in [-0.05, 0) is 30.3 Å². The maximum atomic E-state index is 12.2. The second-order valence-corrected chi connectivity index (χ2v) is 5.46. The Balaban J connectivity index is 2.02. The van der Waals surface area contributed by atoms with Gasteiger partial charge in [0.15, 0.2) is 0 Å². The Kier molecular flexibility index (Phi) is 3.06. The van der Waals surface area contributed by atoms with Crippen molar-refractivity contribution in [3.63, 3.8) is 0 Å². The van der Waals surface area contributed by atoms with Gasteiger partial charge in [0.2, 0.25) is 5.91 Å². The Morgan fingerprint density at radius 1 is 1.32 bits per heavy atom. The van der Waals surface area contributed by atoms with Crippen LogP contribution in [0.25, 0.3) is 0 Å². The van der Waals surface area contributed by atoms with Crippen LogP contribution in [0, 0.1) is 0 Å². The van der Waals surface area contributed by atoms with Crippen LogP contribution in [0.2, 0.25) is 0 Å². The molecule has 1 amide bonds. The average Bonchev–Trinajstić information content (AvgIpc) is 2.87. The highest BCUT2D eigenvalue weighted by Gasteiger charge is 2.28. The van der Waals surface area contributed by atoms with Crippen molar-refractivity contribution in [1.29, 1.82) is 0 Å². The number of hydrogen-bond acceptors (Lipinski definition) is 3. The van der Waals surface area contributed by atoms with E-state index in [4.69, 9.17) is 4.42 Å². The number of likely N-dealkylation sites (N-methyl/N-ethyl adjacent to an activating group) is 1. The fourth-order valence-electron chi connectivity index (χ4n) is 2.28. The molecule has 98 valence electrons. The summed E-state index contributed by atoms with van der Waals surface area (Å²) in [5.74, 6) is 0.855. The number of furan rings is 1. The quantitative estimate of drug-likeness (QED) is 0.853. The van der Waals surface area contributed by atoms with Crippen LogP contribution in [-0.2, 0) is 11.3 Å². The lowest BCUT2D eigenvalue weighted by Crippen LogP contribution is -2.43. The van der Waals surface area contributed by atoms with Crippen molar-refractivity contribution in [2.24, 2.45) is 0 Å². The lowest BCUT2D eigenvalue weighted by atomic mass is 10.1. The van der Waals surface area contributed by atoms with Gasteiger partial charge in [-0.3, -0.25) is 4.79 Å². The molecule has 0 fully saturated rings. The van der Waals surface area contributed by atoms with E-state index in [0.717, 1.165) is 21.6 Å². The van der Waals surface area contributed by atoms with Crippen molar-refractivity contribution in [1.82, 2.24) is 0 Å². The molecule has 5 heteroatoms. The topological polar surface area (TPSA) is 36.7 Å². The Labute approximate surface area is 119 Å². The minimum Gasteiger partial charge on any atom is -0.467 e. The van der Waals surface area contributed by atoms with Gasteiger partial charge in [0, 0.05) is 11.5 Å². The summed E-state index contributed by atoms with van der Waals surface area (Å²) >= 11 is 3.46. The van der Waals surface area contributed by atoms with Crippen LogP contribution in [-0.4, -0.2) is 19.5 Å². The maximum Gasteiger partial charge on any atom is 0.246 e. The molecule has 0 saturated carbocycles. The zero-order valence-electron chi connectivity index (χ0n) is 10.5. The van der Waals surface area contributed by atoms with Crippen molar-refractivity contribution >= 4 is 33.2 Å². The standard InChI is InChI=1S/C14H13BrN2O2/c1-16-9-14(18)17(8-11-3-2-6-19-11)13-7-10(15)4-5-12(13)16/h2-7H,8-9H2,1H3. The van der Waals surface area contributed by atoms with Crippen molar-refractivity contribution in [2.75, 3.05) is 23.4 Å². The second-order valence-electron chi connectivity index (χ2n) is 4.55. The van der Waals surface area contributed by atoms with E-state index < -0.39 is 0 Å². The van der Waals surface area contributed by atoms with Crippen LogP contribution >= 0.6 is 15.9 Å². The zero-order valence-corrected chi connectivity index (χ0v) is 12.1. The minimum absolute atomic E-state index is 0.0736. The summed E-state index contributed by atoms with van der Waals surface area (Å²) in [6.07, 6.45) is 1.62. The summed E-state index contributed by atoms with van der Waals surface area (Å²) in [7, 11) is 1.93. The molecule has 0 saturated heterocycles. The smallest absolute Gasteiger partial charge is 0.246 e. The zero-order chi connectivity index (χ0) is 13.4. The number of rotatable bonds is 2. The van der Waals surface area contributed by atoms with Gasteiger partial charge in [-0.1, -0.05) is 15.9 Å². The van der Waals surface area contributed by atoms with Gasteiger partial charge in [0.1, 0.15) is 5.76 Å². The molecule has 0 N–H and O–H groups in total. The molecule has 1 aromatic carbocycles. The molecule has 3 rings (SSSR count). The normalized spacial score (nSPS) is 14.7. The first-order valence-electron chi connectivity index (χ1n) is 5.98. The number of carbonyl (C=O) groups is 1. The molecule has 0 radical (unpaired) electrons. The number of benzene rings is 1. The summed E-state index contributed by atoms with van der Waals surface area (Å²) in [5.41, 5.74) is 1.96. The number of halogens is 1. The van der Waals surface area contributed by atoms with Crippen LogP contribution in [0.5, 0.6) is 0 Å². The van der Waals surface area contributed by atoms with E-state index in [0.29, 0.717) is 13.1 Å². The summed E-state index contributed by atoms with van der Waals surface area (Å²) in [6.45, 7) is 0.846. The Bertz CT molecular complexity index is 610. The highest BCUT2D eigenvalue weighted by molar-refractivity contribution is 9.10. The van der Waals surface area contributed by atoms with E-state index >= 15 is 0 Å². The molecule has 1 aromatic heterocycles. The van der Waals surface area contributed by atoms with Crippen LogP contribution in [0.15, 0.2) is 45.5 Å². The van der Waals surface area contributed by atoms with Crippen molar-refractivity contribution in [3.05, 3.63) is 46.8 Å².